The molecule has 0 radical (unpaired) electrons. The standard InChI is InChI=1S/C22H30N4O3S/c1-5-16(3)21(15-29-6-2)25-30(27,28)19-9-7-18(8-10-19)14-26-17(4)24-20-11-12-23-13-22(20)26/h7-13,16,21,25H,5-6,14-15H2,1-4H3/t16-,21?/m0/s1. The third-order valence-electron chi connectivity index (χ3n) is 5.45. The fraction of sp³-hybridized carbons (Fsp3) is 0.455. The molecule has 3 rings (SSSR count). The van der Waals surface area contributed by atoms with E-state index in [-0.39, 0.29) is 16.9 Å². The molecule has 7 nitrogen and oxygen atoms in total. The molecule has 162 valence electrons. The number of hydrogen-bond acceptors (Lipinski definition) is 5. The number of fused-ring (bicyclic) bond motifs is 1. The van der Waals surface area contributed by atoms with Crippen molar-refractivity contribution in [1.82, 2.24) is 19.3 Å². The van der Waals surface area contributed by atoms with Gasteiger partial charge in [0.25, 0.3) is 0 Å². The van der Waals surface area contributed by atoms with Crippen molar-refractivity contribution in [3.05, 3.63) is 54.1 Å². The van der Waals surface area contributed by atoms with Crippen molar-refractivity contribution in [2.45, 2.75) is 51.6 Å². The van der Waals surface area contributed by atoms with E-state index in [9.17, 15) is 8.42 Å². The number of aromatic nitrogens is 3. The maximum atomic E-state index is 12.9. The van der Waals surface area contributed by atoms with Crippen LogP contribution in [0.2, 0.25) is 0 Å². The first-order valence-electron chi connectivity index (χ1n) is 10.3. The summed E-state index contributed by atoms with van der Waals surface area (Å²) in [5.74, 6) is 1.07. The molecule has 0 aliphatic rings. The molecule has 0 aliphatic heterocycles. The molecule has 2 aromatic heterocycles. The van der Waals surface area contributed by atoms with Gasteiger partial charge in [-0.05, 0) is 43.5 Å². The summed E-state index contributed by atoms with van der Waals surface area (Å²) in [6.07, 6.45) is 4.39. The van der Waals surface area contributed by atoms with Gasteiger partial charge in [-0.1, -0.05) is 32.4 Å². The van der Waals surface area contributed by atoms with Gasteiger partial charge in [-0.3, -0.25) is 4.98 Å². The van der Waals surface area contributed by atoms with Gasteiger partial charge in [0.05, 0.1) is 28.7 Å². The van der Waals surface area contributed by atoms with E-state index in [1.807, 2.05) is 45.9 Å². The second-order valence-corrected chi connectivity index (χ2v) is 9.24. The van der Waals surface area contributed by atoms with Crippen LogP contribution in [-0.4, -0.2) is 42.2 Å². The highest BCUT2D eigenvalue weighted by Gasteiger charge is 2.24. The molecule has 1 N–H and O–H groups in total. The maximum absolute atomic E-state index is 12.9. The largest absolute Gasteiger partial charge is 0.380 e. The Balaban J connectivity index is 1.77. The van der Waals surface area contributed by atoms with E-state index in [2.05, 4.69) is 19.3 Å². The number of sulfonamides is 1. The van der Waals surface area contributed by atoms with Crippen LogP contribution in [0.3, 0.4) is 0 Å². The van der Waals surface area contributed by atoms with Crippen molar-refractivity contribution in [2.75, 3.05) is 13.2 Å². The highest BCUT2D eigenvalue weighted by Crippen LogP contribution is 2.19. The zero-order chi connectivity index (χ0) is 21.7. The summed E-state index contributed by atoms with van der Waals surface area (Å²) >= 11 is 0. The Labute approximate surface area is 178 Å². The summed E-state index contributed by atoms with van der Waals surface area (Å²) in [5, 5.41) is 0. The lowest BCUT2D eigenvalue weighted by Gasteiger charge is -2.24. The van der Waals surface area contributed by atoms with E-state index in [1.54, 1.807) is 24.5 Å². The number of hydrogen-bond donors (Lipinski definition) is 1. The minimum atomic E-state index is -3.63. The Morgan fingerprint density at radius 3 is 2.57 bits per heavy atom. The van der Waals surface area contributed by atoms with E-state index >= 15 is 0 Å². The van der Waals surface area contributed by atoms with Crippen LogP contribution in [0.15, 0.2) is 47.6 Å². The number of aryl methyl sites for hydroxylation is 1. The molecule has 0 saturated carbocycles. The first-order chi connectivity index (χ1) is 14.4. The Hall–Kier alpha value is -2.29. The van der Waals surface area contributed by atoms with E-state index < -0.39 is 10.0 Å². The number of nitrogens with zero attached hydrogens (tertiary/aromatic N) is 3. The summed E-state index contributed by atoms with van der Waals surface area (Å²) in [5.41, 5.74) is 2.85. The Morgan fingerprint density at radius 2 is 1.90 bits per heavy atom. The summed E-state index contributed by atoms with van der Waals surface area (Å²) in [6, 6.07) is 8.62. The van der Waals surface area contributed by atoms with E-state index in [1.165, 1.54) is 0 Å². The fourth-order valence-electron chi connectivity index (χ4n) is 3.36. The van der Waals surface area contributed by atoms with Crippen LogP contribution in [0, 0.1) is 12.8 Å². The zero-order valence-corrected chi connectivity index (χ0v) is 18.8. The average molecular weight is 431 g/mol. The summed E-state index contributed by atoms with van der Waals surface area (Å²) < 4.78 is 36.2. The van der Waals surface area contributed by atoms with Gasteiger partial charge in [-0.15, -0.1) is 0 Å². The van der Waals surface area contributed by atoms with Crippen LogP contribution in [0.1, 0.15) is 38.6 Å². The molecule has 0 amide bonds. The van der Waals surface area contributed by atoms with Crippen molar-refractivity contribution in [3.8, 4) is 0 Å². The van der Waals surface area contributed by atoms with Crippen LogP contribution in [0.4, 0.5) is 0 Å². The quantitative estimate of drug-likeness (QED) is 0.532. The van der Waals surface area contributed by atoms with Gasteiger partial charge >= 0.3 is 0 Å². The van der Waals surface area contributed by atoms with Gasteiger partial charge in [0.1, 0.15) is 5.82 Å². The van der Waals surface area contributed by atoms with Crippen LogP contribution in [-0.2, 0) is 21.3 Å². The summed E-state index contributed by atoms with van der Waals surface area (Å²) in [7, 11) is -3.63. The third kappa shape index (κ3) is 5.06. The number of imidazole rings is 1. The van der Waals surface area contributed by atoms with Crippen molar-refractivity contribution < 1.29 is 13.2 Å². The Bertz CT molecular complexity index is 1080. The van der Waals surface area contributed by atoms with Crippen LogP contribution >= 0.6 is 0 Å². The van der Waals surface area contributed by atoms with Gasteiger partial charge in [0.15, 0.2) is 0 Å². The summed E-state index contributed by atoms with van der Waals surface area (Å²) in [6.45, 7) is 9.46. The number of nitrogens with one attached hydrogen (secondary N) is 1. The van der Waals surface area contributed by atoms with Crippen molar-refractivity contribution >= 4 is 21.1 Å². The predicted octanol–water partition coefficient (Wildman–Crippen LogP) is 3.52. The number of benzene rings is 1. The number of pyridine rings is 1. The summed E-state index contributed by atoms with van der Waals surface area (Å²) in [4.78, 5) is 8.99. The molecular formula is C22H30N4O3S. The SMILES string of the molecule is CCOCC(NS(=O)(=O)c1ccc(Cn2c(C)nc3ccncc32)cc1)[C@@H](C)CC. The first-order valence-corrected chi connectivity index (χ1v) is 11.8. The monoisotopic (exact) mass is 430 g/mol. The van der Waals surface area contributed by atoms with Gasteiger partial charge in [-0.2, -0.15) is 0 Å². The molecule has 0 fully saturated rings. The van der Waals surface area contributed by atoms with Crippen LogP contribution in [0.5, 0.6) is 0 Å². The average Bonchev–Trinajstić information content (AvgIpc) is 3.06. The molecule has 3 aromatic rings. The maximum Gasteiger partial charge on any atom is 0.240 e. The molecule has 1 unspecified atom stereocenters. The molecule has 0 bridgehead atoms. The minimum Gasteiger partial charge on any atom is -0.380 e. The van der Waals surface area contributed by atoms with Crippen LogP contribution < -0.4 is 4.72 Å². The van der Waals surface area contributed by atoms with E-state index in [4.69, 9.17) is 4.74 Å². The van der Waals surface area contributed by atoms with Gasteiger partial charge in [0, 0.05) is 25.4 Å². The normalized spacial score (nSPS) is 14.1. The second kappa shape index (κ2) is 9.68. The van der Waals surface area contributed by atoms with Crippen LogP contribution in [0.25, 0.3) is 11.0 Å². The zero-order valence-electron chi connectivity index (χ0n) is 18.0. The predicted molar refractivity (Wildman–Crippen MR) is 118 cm³/mol. The lowest BCUT2D eigenvalue weighted by Crippen LogP contribution is -2.42. The smallest absolute Gasteiger partial charge is 0.240 e. The second-order valence-electron chi connectivity index (χ2n) is 7.53. The lowest BCUT2D eigenvalue weighted by molar-refractivity contribution is 0.112. The van der Waals surface area contributed by atoms with Crippen molar-refractivity contribution in [1.29, 1.82) is 0 Å². The highest BCUT2D eigenvalue weighted by molar-refractivity contribution is 7.89. The number of ether oxygens (including phenoxy) is 1. The molecular weight excluding hydrogens is 400 g/mol. The molecule has 0 aliphatic carbocycles. The molecule has 30 heavy (non-hydrogen) atoms. The van der Waals surface area contributed by atoms with Crippen molar-refractivity contribution in [3.63, 3.8) is 0 Å². The lowest BCUT2D eigenvalue weighted by atomic mass is 10.0. The first kappa shape index (κ1) is 22.4. The van der Waals surface area contributed by atoms with Gasteiger partial charge in [0.2, 0.25) is 10.0 Å². The van der Waals surface area contributed by atoms with Gasteiger partial charge < -0.3 is 9.30 Å². The molecule has 8 heteroatoms. The van der Waals surface area contributed by atoms with Crippen molar-refractivity contribution in [2.24, 2.45) is 5.92 Å². The fourth-order valence-corrected chi connectivity index (χ4v) is 4.69. The molecule has 2 atom stereocenters. The van der Waals surface area contributed by atoms with E-state index in [0.29, 0.717) is 19.8 Å². The number of rotatable bonds is 10. The highest BCUT2D eigenvalue weighted by atomic mass is 32.2. The third-order valence-corrected chi connectivity index (χ3v) is 6.96. The molecule has 0 spiro atoms. The molecule has 0 saturated heterocycles. The van der Waals surface area contributed by atoms with E-state index in [0.717, 1.165) is 28.8 Å². The minimum absolute atomic E-state index is 0.178. The van der Waals surface area contributed by atoms with Gasteiger partial charge in [-0.25, -0.2) is 18.1 Å². The Kier molecular flexibility index (Phi) is 7.23. The molecule has 2 heterocycles. The Morgan fingerprint density at radius 1 is 1.17 bits per heavy atom. The molecule has 1 aromatic carbocycles. The topological polar surface area (TPSA) is 86.1 Å².